The third-order valence-corrected chi connectivity index (χ3v) is 9.90. The molecule has 5 rings (SSSR count). The van der Waals surface area contributed by atoms with Gasteiger partial charge < -0.3 is 15.0 Å². The van der Waals surface area contributed by atoms with E-state index in [4.69, 9.17) is 9.72 Å². The number of ether oxygens (including phenoxy) is 1. The Bertz CT molecular complexity index is 1230. The predicted molar refractivity (Wildman–Crippen MR) is 126 cm³/mol. The largest absolute Gasteiger partial charge is 0.378 e. The Morgan fingerprint density at radius 1 is 1.06 bits per heavy atom. The quantitative estimate of drug-likeness (QED) is 0.608. The first-order chi connectivity index (χ1) is 15.5. The molecule has 168 valence electrons. The van der Waals surface area contributed by atoms with Crippen LogP contribution in [0.1, 0.15) is 25.7 Å². The van der Waals surface area contributed by atoms with Crippen molar-refractivity contribution in [3.05, 3.63) is 48.5 Å². The lowest BCUT2D eigenvalue weighted by Gasteiger charge is -2.27. The number of anilines is 2. The smallest absolute Gasteiger partial charge is 0.246 e. The van der Waals surface area contributed by atoms with Gasteiger partial charge in [-0.15, -0.1) is 0 Å². The fourth-order valence-corrected chi connectivity index (χ4v) is 7.66. The van der Waals surface area contributed by atoms with E-state index in [9.17, 15) is 13.2 Å². The van der Waals surface area contributed by atoms with Crippen LogP contribution in [-0.4, -0.2) is 50.4 Å². The summed E-state index contributed by atoms with van der Waals surface area (Å²) >= 11 is 1.57. The average Bonchev–Trinajstić information content (AvgIpc) is 3.48. The third-order valence-electron chi connectivity index (χ3n) is 6.31. The predicted octanol–water partition coefficient (Wildman–Crippen LogP) is 3.86. The number of carbonyl (C=O) groups is 1. The molecule has 1 amide bonds. The standard InChI is InChI=1S/C23H25N3O4S2/c27-21(23(10-4-5-11-23)32(28,29)18-6-2-1-3-7-18)24-17-8-9-19-20(16-17)31-22(25-19)26-12-14-30-15-13-26/h1-3,6-9,16H,4-5,10-15H2,(H,24,27). The first-order valence-corrected chi connectivity index (χ1v) is 13.1. The van der Waals surface area contributed by atoms with Gasteiger partial charge in [-0.1, -0.05) is 42.4 Å². The lowest BCUT2D eigenvalue weighted by Crippen LogP contribution is -2.47. The highest BCUT2D eigenvalue weighted by Crippen LogP contribution is 2.41. The fraction of sp³-hybridized carbons (Fsp3) is 0.391. The van der Waals surface area contributed by atoms with Gasteiger partial charge in [0.05, 0.1) is 28.3 Å². The molecular weight excluding hydrogens is 446 g/mol. The monoisotopic (exact) mass is 471 g/mol. The topological polar surface area (TPSA) is 88.6 Å². The van der Waals surface area contributed by atoms with Crippen molar-refractivity contribution >= 4 is 48.1 Å². The molecule has 0 radical (unpaired) electrons. The third kappa shape index (κ3) is 3.68. The Hall–Kier alpha value is -2.49. The number of hydrogen-bond donors (Lipinski definition) is 1. The van der Waals surface area contributed by atoms with E-state index < -0.39 is 20.5 Å². The molecule has 2 fully saturated rings. The maximum absolute atomic E-state index is 13.5. The maximum Gasteiger partial charge on any atom is 0.246 e. The molecule has 1 saturated heterocycles. The van der Waals surface area contributed by atoms with Gasteiger partial charge in [-0.3, -0.25) is 4.79 Å². The molecule has 1 aromatic heterocycles. The van der Waals surface area contributed by atoms with E-state index in [0.29, 0.717) is 31.7 Å². The highest BCUT2D eigenvalue weighted by molar-refractivity contribution is 7.93. The second-order valence-electron chi connectivity index (χ2n) is 8.25. The summed E-state index contributed by atoms with van der Waals surface area (Å²) in [4.78, 5) is 20.5. The molecule has 0 spiro atoms. The zero-order chi connectivity index (χ0) is 22.2. The maximum atomic E-state index is 13.5. The Morgan fingerprint density at radius 2 is 1.78 bits per heavy atom. The summed E-state index contributed by atoms with van der Waals surface area (Å²) < 4.78 is 31.9. The van der Waals surface area contributed by atoms with Crippen molar-refractivity contribution in [2.45, 2.75) is 35.3 Å². The highest BCUT2D eigenvalue weighted by atomic mass is 32.2. The van der Waals surface area contributed by atoms with Crippen molar-refractivity contribution in [1.82, 2.24) is 4.98 Å². The van der Waals surface area contributed by atoms with Crippen molar-refractivity contribution in [1.29, 1.82) is 0 Å². The number of nitrogens with one attached hydrogen (secondary N) is 1. The van der Waals surface area contributed by atoms with Crippen LogP contribution in [0.3, 0.4) is 0 Å². The number of benzene rings is 2. The van der Waals surface area contributed by atoms with Gasteiger partial charge >= 0.3 is 0 Å². The minimum Gasteiger partial charge on any atom is -0.378 e. The van der Waals surface area contributed by atoms with Gasteiger partial charge in [0.15, 0.2) is 19.7 Å². The molecule has 7 nitrogen and oxygen atoms in total. The zero-order valence-corrected chi connectivity index (χ0v) is 19.3. The van der Waals surface area contributed by atoms with Gasteiger partial charge in [0.2, 0.25) is 5.91 Å². The number of morpholine rings is 1. The van der Waals surface area contributed by atoms with Crippen LogP contribution in [-0.2, 0) is 19.4 Å². The molecule has 1 saturated carbocycles. The average molecular weight is 472 g/mol. The van der Waals surface area contributed by atoms with E-state index in [1.165, 1.54) is 0 Å². The minimum absolute atomic E-state index is 0.199. The minimum atomic E-state index is -3.81. The number of fused-ring (bicyclic) bond motifs is 1. The number of aromatic nitrogens is 1. The van der Waals surface area contributed by atoms with Gasteiger partial charge in [-0.25, -0.2) is 13.4 Å². The fourth-order valence-electron chi connectivity index (χ4n) is 4.51. The number of carbonyl (C=O) groups excluding carboxylic acids is 1. The van der Waals surface area contributed by atoms with Crippen molar-refractivity contribution < 1.29 is 17.9 Å². The van der Waals surface area contributed by atoms with Gasteiger partial charge in [0.25, 0.3) is 0 Å². The second kappa shape index (κ2) is 8.46. The van der Waals surface area contributed by atoms with E-state index in [1.807, 2.05) is 12.1 Å². The SMILES string of the molecule is O=C(Nc1ccc2nc(N3CCOCC3)sc2c1)C1(S(=O)(=O)c2ccccc2)CCCC1. The second-order valence-corrected chi connectivity index (χ2v) is 11.5. The number of hydrogen-bond acceptors (Lipinski definition) is 7. The molecule has 1 aliphatic carbocycles. The van der Waals surface area contributed by atoms with E-state index >= 15 is 0 Å². The number of amides is 1. The number of rotatable bonds is 5. The number of thiazole rings is 1. The van der Waals surface area contributed by atoms with E-state index in [0.717, 1.165) is 41.3 Å². The first kappa shape index (κ1) is 21.4. The van der Waals surface area contributed by atoms with Gasteiger partial charge in [0.1, 0.15) is 0 Å². The van der Waals surface area contributed by atoms with E-state index in [2.05, 4.69) is 10.2 Å². The Kier molecular flexibility index (Phi) is 5.65. The van der Waals surface area contributed by atoms with Gasteiger partial charge in [-0.2, -0.15) is 0 Å². The molecular formula is C23H25N3O4S2. The summed E-state index contributed by atoms with van der Waals surface area (Å²) in [5, 5.41) is 3.84. The first-order valence-electron chi connectivity index (χ1n) is 10.8. The summed E-state index contributed by atoms with van der Waals surface area (Å²) in [5.41, 5.74) is 1.45. The summed E-state index contributed by atoms with van der Waals surface area (Å²) in [6, 6.07) is 13.8. The molecule has 0 unspecified atom stereocenters. The molecule has 0 atom stereocenters. The lowest BCUT2D eigenvalue weighted by molar-refractivity contribution is -0.118. The summed E-state index contributed by atoms with van der Waals surface area (Å²) in [6.45, 7) is 3.00. The van der Waals surface area contributed by atoms with Crippen LogP contribution in [0.4, 0.5) is 10.8 Å². The molecule has 2 aliphatic rings. The van der Waals surface area contributed by atoms with Crippen molar-refractivity contribution in [3.63, 3.8) is 0 Å². The van der Waals surface area contributed by atoms with Crippen LogP contribution in [0, 0.1) is 0 Å². The summed E-state index contributed by atoms with van der Waals surface area (Å²) in [6.07, 6.45) is 2.10. The Labute approximate surface area is 191 Å². The molecule has 1 aliphatic heterocycles. The molecule has 9 heteroatoms. The molecule has 1 N–H and O–H groups in total. The van der Waals surface area contributed by atoms with Crippen LogP contribution < -0.4 is 10.2 Å². The van der Waals surface area contributed by atoms with Crippen molar-refractivity contribution in [2.24, 2.45) is 0 Å². The van der Waals surface area contributed by atoms with Crippen LogP contribution in [0.15, 0.2) is 53.4 Å². The molecule has 2 heterocycles. The van der Waals surface area contributed by atoms with Gasteiger partial charge in [-0.05, 0) is 43.2 Å². The Balaban J connectivity index is 1.42. The zero-order valence-electron chi connectivity index (χ0n) is 17.6. The van der Waals surface area contributed by atoms with E-state index in [1.54, 1.807) is 47.7 Å². The Morgan fingerprint density at radius 3 is 2.50 bits per heavy atom. The summed E-state index contributed by atoms with van der Waals surface area (Å²) in [5.74, 6) is -0.448. The van der Waals surface area contributed by atoms with Crippen LogP contribution in [0.25, 0.3) is 10.2 Å². The highest BCUT2D eigenvalue weighted by Gasteiger charge is 2.52. The normalized spacial score (nSPS) is 18.7. The molecule has 3 aromatic rings. The van der Waals surface area contributed by atoms with Crippen molar-refractivity contribution in [3.8, 4) is 0 Å². The number of sulfone groups is 1. The van der Waals surface area contributed by atoms with Crippen LogP contribution in [0.5, 0.6) is 0 Å². The summed E-state index contributed by atoms with van der Waals surface area (Å²) in [7, 11) is -3.81. The molecule has 2 aromatic carbocycles. The van der Waals surface area contributed by atoms with Crippen molar-refractivity contribution in [2.75, 3.05) is 36.5 Å². The molecule has 32 heavy (non-hydrogen) atoms. The number of nitrogens with zero attached hydrogens (tertiary/aromatic N) is 2. The van der Waals surface area contributed by atoms with Gasteiger partial charge in [0, 0.05) is 18.8 Å². The van der Waals surface area contributed by atoms with E-state index in [-0.39, 0.29) is 4.90 Å². The lowest BCUT2D eigenvalue weighted by atomic mass is 10.1. The van der Waals surface area contributed by atoms with Crippen LogP contribution in [0.2, 0.25) is 0 Å². The molecule has 0 bridgehead atoms. The van der Waals surface area contributed by atoms with Crippen LogP contribution >= 0.6 is 11.3 Å².